The van der Waals surface area contributed by atoms with E-state index < -0.39 is 0 Å². The van der Waals surface area contributed by atoms with Gasteiger partial charge in [-0.1, -0.05) is 81.3 Å². The van der Waals surface area contributed by atoms with Gasteiger partial charge in [0.25, 0.3) is 0 Å². The fourth-order valence-corrected chi connectivity index (χ4v) is 16.5. The number of fused-ring (bicyclic) bond motifs is 12. The number of rotatable bonds is 4. The third kappa shape index (κ3) is 8.46. The first-order valence-electron chi connectivity index (χ1n) is 25.2. The van der Waals surface area contributed by atoms with Crippen molar-refractivity contribution in [2.24, 2.45) is 62.2 Å². The van der Waals surface area contributed by atoms with Gasteiger partial charge in [-0.15, -0.1) is 0 Å². The average Bonchev–Trinajstić information content (AvgIpc) is 3.86. The molecule has 0 unspecified atom stereocenters. The molecule has 344 valence electrons. The molecule has 8 aliphatic rings. The number of hydrogen-bond donors (Lipinski definition) is 2. The fourth-order valence-electron chi connectivity index (χ4n) is 16.5. The van der Waals surface area contributed by atoms with Crippen molar-refractivity contribution in [1.29, 1.82) is 0 Å². The van der Waals surface area contributed by atoms with Crippen LogP contribution in [0.25, 0.3) is 27.1 Å². The van der Waals surface area contributed by atoms with Crippen LogP contribution in [0.15, 0.2) is 108 Å². The van der Waals surface area contributed by atoms with Crippen molar-refractivity contribution < 1.29 is 71.7 Å². The maximum atomic E-state index is 10.2. The Morgan fingerprint density at radius 2 is 1.21 bits per heavy atom. The minimum atomic E-state index is -0.153. The molecule has 4 aromatic rings. The van der Waals surface area contributed by atoms with E-state index in [0.717, 1.165) is 61.2 Å². The Balaban J connectivity index is 0.000000149. The fraction of sp³-hybridized carbons (Fsp3) is 0.569. The Morgan fingerprint density at radius 3 is 1.82 bits per heavy atom. The Hall–Kier alpha value is -2.37. The summed E-state index contributed by atoms with van der Waals surface area (Å²) in [5, 5.41) is 34.5. The molecule has 5 fully saturated rings. The average molecular weight is 914 g/mol. The molecule has 8 aliphatic carbocycles. The first kappa shape index (κ1) is 48.6. The maximum absolute atomic E-state index is 10.2. The van der Waals surface area contributed by atoms with Crippen LogP contribution in [0.3, 0.4) is 0 Å². The van der Waals surface area contributed by atoms with Crippen molar-refractivity contribution in [2.45, 2.75) is 142 Å². The van der Waals surface area contributed by atoms with Crippen LogP contribution >= 0.6 is 0 Å². The van der Waals surface area contributed by atoms with Gasteiger partial charge in [0, 0.05) is 35.6 Å². The summed E-state index contributed by atoms with van der Waals surface area (Å²) >= 11 is 0. The third-order valence-corrected chi connectivity index (χ3v) is 19.9. The first-order chi connectivity index (χ1) is 31.4. The third-order valence-electron chi connectivity index (χ3n) is 19.9. The smallest absolute Gasteiger partial charge is 0.722 e. The van der Waals surface area contributed by atoms with Crippen molar-refractivity contribution >= 4 is 33.8 Å². The van der Waals surface area contributed by atoms with E-state index in [-0.39, 0.29) is 75.7 Å². The van der Waals surface area contributed by atoms with E-state index in [4.69, 9.17) is 5.26 Å². The standard InChI is InChI=1S/C28H35NO.C28H33NO.C2H5NO2.K/c2*1-27-12-9-22(30)16-21(27)5-6-23-25-8-7-24(28(25,2)13-10-26(23)27)19-4-3-18-11-14-29-17-20(18)15-19;1-3-2-5-4;/h3-5,11,14-15,17,22-26,30H,6-10,12-13,16H2,1-2H3;3-5,7,11,14-15,17,22-23,25-26,30H,6,8-10,12-13,16H2,1-2H3;4H,1-2H2;/q;;;+1/p-1/t22-,23-,24+,25-,26-,27-,28+;22-,23-,25-,26-,27-,28+;;/m00../s1. The largest absolute Gasteiger partial charge is 1.00 e. The van der Waals surface area contributed by atoms with Crippen LogP contribution in [0.1, 0.15) is 141 Å². The Bertz CT molecular complexity index is 2470. The van der Waals surface area contributed by atoms with Gasteiger partial charge in [-0.3, -0.25) is 15.0 Å². The number of aromatic nitrogens is 2. The molecule has 5 saturated carbocycles. The second-order valence-electron chi connectivity index (χ2n) is 22.7. The Morgan fingerprint density at radius 1 is 0.636 bits per heavy atom. The molecule has 66 heavy (non-hydrogen) atoms. The normalized spacial score (nSPS) is 38.3. The van der Waals surface area contributed by atoms with Crippen molar-refractivity contribution in [3.63, 3.8) is 0 Å². The zero-order valence-electron chi connectivity index (χ0n) is 40.4. The number of aliphatic hydroxyl groups is 2. The van der Waals surface area contributed by atoms with Gasteiger partial charge in [0.2, 0.25) is 0 Å². The number of aliphatic hydroxyl groups excluding tert-OH is 2. The first-order valence-corrected chi connectivity index (χ1v) is 25.2. The molecule has 0 spiro atoms. The molecule has 0 amide bonds. The Labute approximate surface area is 436 Å². The van der Waals surface area contributed by atoms with E-state index >= 15 is 0 Å². The van der Waals surface area contributed by atoms with Crippen LogP contribution in [-0.2, 0) is 4.89 Å². The molecule has 0 bridgehead atoms. The summed E-state index contributed by atoms with van der Waals surface area (Å²) in [6.45, 7) is 13.0. The van der Waals surface area contributed by atoms with Gasteiger partial charge in [-0.05, 0) is 218 Å². The molecule has 13 atom stereocenters. The van der Waals surface area contributed by atoms with Crippen LogP contribution in [0, 0.1) is 57.2 Å². The predicted molar refractivity (Wildman–Crippen MR) is 261 cm³/mol. The van der Waals surface area contributed by atoms with E-state index in [9.17, 15) is 10.2 Å². The number of benzene rings is 2. The summed E-state index contributed by atoms with van der Waals surface area (Å²) < 4.78 is 0. The molecule has 0 aliphatic heterocycles. The van der Waals surface area contributed by atoms with Crippen molar-refractivity contribution in [3.8, 4) is 0 Å². The van der Waals surface area contributed by atoms with Crippen molar-refractivity contribution in [3.05, 3.63) is 114 Å². The summed E-state index contributed by atoms with van der Waals surface area (Å²) in [6.07, 6.45) is 33.2. The molecule has 8 heteroatoms. The summed E-state index contributed by atoms with van der Waals surface area (Å²) in [5.41, 5.74) is 9.05. The SMILES string of the molecule is C=NCO[O-].C[C@]12CC[C@H](O)CC1=CC[C@@H]1[C@@H]2CC[C@]2(C)C(c3ccc4ccncc4c3)=CC[C@@H]12.C[C@]12CC[C@H]3[C@@H](CC=C4C[C@@H](O)CC[C@@]43C)[C@@H]1CC[C@@H]2c1ccc2ccncc2c1.[K+]. The summed E-state index contributed by atoms with van der Waals surface area (Å²) in [6, 6.07) is 18.3. The molecular weight excluding hydrogens is 842 g/mol. The zero-order valence-corrected chi connectivity index (χ0v) is 43.6. The number of nitrogens with zero attached hydrogens (tertiary/aromatic N) is 3. The molecule has 0 radical (unpaired) electrons. The van der Waals surface area contributed by atoms with Crippen molar-refractivity contribution in [1.82, 2.24) is 9.97 Å². The molecule has 2 N–H and O–H groups in total. The van der Waals surface area contributed by atoms with Gasteiger partial charge < -0.3 is 20.4 Å². The van der Waals surface area contributed by atoms with Crippen LogP contribution in [-0.4, -0.2) is 45.8 Å². The van der Waals surface area contributed by atoms with E-state index in [1.165, 1.54) is 103 Å². The van der Waals surface area contributed by atoms with Gasteiger partial charge in [-0.2, -0.15) is 0 Å². The topological polar surface area (TPSA) is 111 Å². The summed E-state index contributed by atoms with van der Waals surface area (Å²) in [7, 11) is 0. The van der Waals surface area contributed by atoms with Crippen LogP contribution in [0.4, 0.5) is 0 Å². The van der Waals surface area contributed by atoms with Gasteiger partial charge in [0.15, 0.2) is 0 Å². The molecule has 0 saturated heterocycles. The van der Waals surface area contributed by atoms with E-state index in [1.54, 1.807) is 16.7 Å². The van der Waals surface area contributed by atoms with E-state index in [0.29, 0.717) is 22.2 Å². The molecule has 12 rings (SSSR count). The zero-order chi connectivity index (χ0) is 45.1. The predicted octanol–water partition coefficient (Wildman–Crippen LogP) is 9.13. The van der Waals surface area contributed by atoms with Crippen LogP contribution < -0.4 is 56.6 Å². The number of aliphatic imine (C=N–C) groups is 1. The molecule has 2 aromatic heterocycles. The molecule has 7 nitrogen and oxygen atoms in total. The van der Waals surface area contributed by atoms with Crippen LogP contribution in [0.5, 0.6) is 0 Å². The number of pyridine rings is 2. The molecule has 2 heterocycles. The maximum Gasteiger partial charge on any atom is 1.00 e. The van der Waals surface area contributed by atoms with Crippen molar-refractivity contribution in [2.75, 3.05) is 6.73 Å². The van der Waals surface area contributed by atoms with Gasteiger partial charge >= 0.3 is 51.4 Å². The minimum absolute atomic E-state index is 0. The monoisotopic (exact) mass is 914 g/mol. The minimum Gasteiger partial charge on any atom is -0.722 e. The van der Waals surface area contributed by atoms with Gasteiger partial charge in [-0.25, -0.2) is 0 Å². The van der Waals surface area contributed by atoms with E-state index in [1.807, 2.05) is 24.8 Å². The van der Waals surface area contributed by atoms with E-state index in [2.05, 4.69) is 121 Å². The quantitative estimate of drug-likeness (QED) is 0.0696. The second-order valence-corrected chi connectivity index (χ2v) is 22.7. The number of allylic oxidation sites excluding steroid dienone is 4. The summed E-state index contributed by atoms with van der Waals surface area (Å²) in [5.74, 6) is 5.49. The van der Waals surface area contributed by atoms with Crippen LogP contribution in [0.2, 0.25) is 0 Å². The Kier molecular flexibility index (Phi) is 14.3. The second kappa shape index (κ2) is 19.4. The van der Waals surface area contributed by atoms with Gasteiger partial charge in [0.1, 0.15) is 6.73 Å². The molecular formula is C58H72KN3O4. The molecule has 2 aromatic carbocycles. The van der Waals surface area contributed by atoms with Gasteiger partial charge in [0.05, 0.1) is 12.2 Å². The summed E-state index contributed by atoms with van der Waals surface area (Å²) in [4.78, 5) is 15.0. The number of hydrogen-bond acceptors (Lipinski definition) is 7.